The van der Waals surface area contributed by atoms with Crippen LogP contribution in [0.5, 0.6) is 5.75 Å². The number of halogens is 3. The summed E-state index contributed by atoms with van der Waals surface area (Å²) in [6.45, 7) is 4.64. The van der Waals surface area contributed by atoms with Crippen LogP contribution in [0.15, 0.2) is 18.3 Å². The Morgan fingerprint density at radius 3 is 2.61 bits per heavy atom. The summed E-state index contributed by atoms with van der Waals surface area (Å²) in [6, 6.07) is 3.28. The van der Waals surface area contributed by atoms with Crippen molar-refractivity contribution in [3.63, 3.8) is 0 Å². The normalized spacial score (nSPS) is 24.5. The summed E-state index contributed by atoms with van der Waals surface area (Å²) >= 11 is 1.43. The number of nitrogens with zero attached hydrogens (tertiary/aromatic N) is 6. The Morgan fingerprint density at radius 1 is 1.23 bits per heavy atom. The fourth-order valence-corrected chi connectivity index (χ4v) is 5.16. The Kier molecular flexibility index (Phi) is 4.91. The van der Waals surface area contributed by atoms with E-state index in [2.05, 4.69) is 29.7 Å². The minimum absolute atomic E-state index is 0.0531. The summed E-state index contributed by atoms with van der Waals surface area (Å²) < 4.78 is 49.6. The molecule has 31 heavy (non-hydrogen) atoms. The molecule has 2 aliphatic rings. The Morgan fingerprint density at radius 2 is 1.97 bits per heavy atom. The van der Waals surface area contributed by atoms with Crippen LogP contribution in [0.4, 0.5) is 24.3 Å². The smallest absolute Gasteiger partial charge is 0.425 e. The molecule has 1 saturated heterocycles. The number of piperidine rings is 1. The zero-order chi connectivity index (χ0) is 21.8. The van der Waals surface area contributed by atoms with Gasteiger partial charge in [0.1, 0.15) is 5.82 Å². The number of pyridine rings is 1. The van der Waals surface area contributed by atoms with E-state index >= 15 is 0 Å². The topological polar surface area (TPSA) is 80.5 Å². The van der Waals surface area contributed by atoms with Gasteiger partial charge in [-0.25, -0.2) is 9.50 Å². The largest absolute Gasteiger partial charge is 0.477 e. The SMILES string of the molecule is Cc1nsc(N2CC3CC[C@@H](C2)C3Nc2nc3c(OC(C)C(F)(F)F)cccn3n2)n1. The van der Waals surface area contributed by atoms with Gasteiger partial charge < -0.3 is 15.0 Å². The average Bonchev–Trinajstić information content (AvgIpc) is 3.38. The van der Waals surface area contributed by atoms with Gasteiger partial charge in [-0.05, 0) is 50.7 Å². The highest BCUT2D eigenvalue weighted by atomic mass is 32.1. The number of nitrogens with one attached hydrogen (secondary N) is 1. The Labute approximate surface area is 180 Å². The van der Waals surface area contributed by atoms with Crippen LogP contribution in [-0.2, 0) is 0 Å². The molecule has 5 rings (SSSR count). The van der Waals surface area contributed by atoms with Gasteiger partial charge in [0.25, 0.3) is 0 Å². The molecule has 12 heteroatoms. The molecular weight excluding hydrogens is 431 g/mol. The van der Waals surface area contributed by atoms with Gasteiger partial charge in [-0.15, -0.1) is 5.10 Å². The van der Waals surface area contributed by atoms with Crippen LogP contribution in [0.3, 0.4) is 0 Å². The lowest BCUT2D eigenvalue weighted by molar-refractivity contribution is -0.189. The van der Waals surface area contributed by atoms with Crippen molar-refractivity contribution in [3.8, 4) is 5.75 Å². The van der Waals surface area contributed by atoms with E-state index in [4.69, 9.17) is 4.74 Å². The van der Waals surface area contributed by atoms with E-state index in [-0.39, 0.29) is 17.4 Å². The maximum absolute atomic E-state index is 12.9. The lowest BCUT2D eigenvalue weighted by atomic mass is 9.92. The molecule has 2 bridgehead atoms. The van der Waals surface area contributed by atoms with E-state index in [0.29, 0.717) is 17.8 Å². The zero-order valence-electron chi connectivity index (χ0n) is 17.0. The maximum Gasteiger partial charge on any atom is 0.425 e. The second-order valence-corrected chi connectivity index (χ2v) is 8.90. The molecule has 1 aliphatic heterocycles. The van der Waals surface area contributed by atoms with Crippen LogP contribution < -0.4 is 15.0 Å². The van der Waals surface area contributed by atoms with E-state index in [9.17, 15) is 13.2 Å². The van der Waals surface area contributed by atoms with Crippen LogP contribution in [-0.4, -0.2) is 55.4 Å². The minimum Gasteiger partial charge on any atom is -0.477 e. The van der Waals surface area contributed by atoms with Crippen molar-refractivity contribution >= 4 is 28.3 Å². The second-order valence-electron chi connectivity index (χ2n) is 8.17. The van der Waals surface area contributed by atoms with Gasteiger partial charge in [-0.1, -0.05) is 0 Å². The van der Waals surface area contributed by atoms with Gasteiger partial charge in [0.2, 0.25) is 11.1 Å². The minimum atomic E-state index is -4.45. The fraction of sp³-hybridized carbons (Fsp3) is 0.579. The predicted octanol–water partition coefficient (Wildman–Crippen LogP) is 3.55. The zero-order valence-corrected chi connectivity index (χ0v) is 17.8. The average molecular weight is 453 g/mol. The standard InChI is InChI=1S/C19H22F3N7OS/c1-10(19(20,21)22)30-14-4-3-7-29-16(14)25-17(26-29)24-15-12-5-6-13(15)9-28(8-12)18-23-11(2)27-31-18/h3-4,7,10,12-13,15H,5-6,8-9H2,1-2H3,(H,24,26)/t10?,12-,13?,15?/m0/s1. The van der Waals surface area contributed by atoms with Gasteiger partial charge in [-0.3, -0.25) is 0 Å². The first kappa shape index (κ1) is 20.3. The molecule has 0 spiro atoms. The van der Waals surface area contributed by atoms with E-state index in [0.717, 1.165) is 43.8 Å². The third-order valence-electron chi connectivity index (χ3n) is 6.01. The lowest BCUT2D eigenvalue weighted by Crippen LogP contribution is -2.48. The molecule has 3 aromatic rings. The number of aromatic nitrogens is 5. The number of fused-ring (bicyclic) bond motifs is 3. The Bertz CT molecular complexity index is 1070. The summed E-state index contributed by atoms with van der Waals surface area (Å²) in [4.78, 5) is 11.2. The molecule has 8 nitrogen and oxygen atoms in total. The summed E-state index contributed by atoms with van der Waals surface area (Å²) in [5.41, 5.74) is 0.259. The van der Waals surface area contributed by atoms with Crippen LogP contribution in [0.2, 0.25) is 0 Å². The van der Waals surface area contributed by atoms with Crippen molar-refractivity contribution < 1.29 is 17.9 Å². The van der Waals surface area contributed by atoms with Gasteiger partial charge in [-0.2, -0.15) is 22.5 Å². The van der Waals surface area contributed by atoms with Crippen LogP contribution in [0.1, 0.15) is 25.6 Å². The van der Waals surface area contributed by atoms with Crippen molar-refractivity contribution in [2.45, 2.75) is 45.0 Å². The molecule has 0 amide bonds. The van der Waals surface area contributed by atoms with Crippen molar-refractivity contribution in [2.75, 3.05) is 23.3 Å². The molecule has 3 unspecified atom stereocenters. The number of ether oxygens (including phenoxy) is 1. The quantitative estimate of drug-likeness (QED) is 0.633. The van der Waals surface area contributed by atoms with Crippen molar-refractivity contribution in [1.82, 2.24) is 24.0 Å². The summed E-state index contributed by atoms with van der Waals surface area (Å²) in [5, 5.41) is 8.81. The third kappa shape index (κ3) is 3.88. The van der Waals surface area contributed by atoms with Gasteiger partial charge in [0, 0.05) is 36.9 Å². The van der Waals surface area contributed by atoms with Crippen LogP contribution in [0, 0.1) is 18.8 Å². The molecule has 166 valence electrons. The van der Waals surface area contributed by atoms with Crippen molar-refractivity contribution in [2.24, 2.45) is 11.8 Å². The van der Waals surface area contributed by atoms with Crippen molar-refractivity contribution in [1.29, 1.82) is 0 Å². The number of rotatable bonds is 5. The van der Waals surface area contributed by atoms with Gasteiger partial charge >= 0.3 is 6.18 Å². The molecule has 0 radical (unpaired) electrons. The van der Waals surface area contributed by atoms with Gasteiger partial charge in [0.15, 0.2) is 17.5 Å². The lowest BCUT2D eigenvalue weighted by Gasteiger charge is -2.37. The first-order valence-corrected chi connectivity index (χ1v) is 11.0. The number of hydrogen-bond donors (Lipinski definition) is 1. The number of hydrogen-bond acceptors (Lipinski definition) is 8. The number of aryl methyl sites for hydroxylation is 1. The Hall–Kier alpha value is -2.63. The highest BCUT2D eigenvalue weighted by Crippen LogP contribution is 2.40. The molecule has 4 atom stereocenters. The van der Waals surface area contributed by atoms with Crippen LogP contribution in [0.25, 0.3) is 5.65 Å². The molecule has 0 aromatic carbocycles. The molecule has 2 fully saturated rings. The summed E-state index contributed by atoms with van der Waals surface area (Å²) in [7, 11) is 0. The first-order chi connectivity index (χ1) is 14.8. The van der Waals surface area contributed by atoms with E-state index < -0.39 is 12.3 Å². The van der Waals surface area contributed by atoms with E-state index in [1.807, 2.05) is 6.92 Å². The second kappa shape index (κ2) is 7.50. The van der Waals surface area contributed by atoms with Gasteiger partial charge in [0.05, 0.1) is 0 Å². The molecule has 1 N–H and O–H groups in total. The molecular formula is C19H22F3N7OS. The predicted molar refractivity (Wildman–Crippen MR) is 110 cm³/mol. The monoisotopic (exact) mass is 453 g/mol. The molecule has 4 heterocycles. The van der Waals surface area contributed by atoms with E-state index in [1.54, 1.807) is 12.3 Å². The maximum atomic E-state index is 12.9. The molecule has 3 aromatic heterocycles. The molecule has 1 aliphatic carbocycles. The summed E-state index contributed by atoms with van der Waals surface area (Å²) in [5.74, 6) is 2.07. The summed E-state index contributed by atoms with van der Waals surface area (Å²) in [6.07, 6.45) is -2.54. The van der Waals surface area contributed by atoms with Crippen LogP contribution >= 0.6 is 11.5 Å². The fourth-order valence-electron chi connectivity index (χ4n) is 4.47. The molecule has 1 saturated carbocycles. The Balaban J connectivity index is 1.33. The van der Waals surface area contributed by atoms with Crippen molar-refractivity contribution in [3.05, 3.63) is 24.2 Å². The van der Waals surface area contributed by atoms with E-state index in [1.165, 1.54) is 22.1 Å². The number of alkyl halides is 3. The first-order valence-electron chi connectivity index (χ1n) is 10.2. The highest BCUT2D eigenvalue weighted by molar-refractivity contribution is 7.09. The number of anilines is 2. The highest BCUT2D eigenvalue weighted by Gasteiger charge is 2.43. The third-order valence-corrected chi connectivity index (χ3v) is 6.88.